The second-order valence-corrected chi connectivity index (χ2v) is 5.19. The van der Waals surface area contributed by atoms with E-state index in [-0.39, 0.29) is 0 Å². The molecule has 84 valence electrons. The summed E-state index contributed by atoms with van der Waals surface area (Å²) in [4.78, 5) is 0. The van der Waals surface area contributed by atoms with E-state index in [1.54, 1.807) is 0 Å². The third-order valence-electron chi connectivity index (χ3n) is 2.27. The van der Waals surface area contributed by atoms with Gasteiger partial charge in [0.05, 0.1) is 6.54 Å². The molecule has 1 aromatic carbocycles. The second kappa shape index (κ2) is 4.65. The lowest BCUT2D eigenvalue weighted by molar-refractivity contribution is 0.797. The van der Waals surface area contributed by atoms with E-state index in [9.17, 15) is 0 Å². The minimum atomic E-state index is 0.388. The fourth-order valence-corrected chi connectivity index (χ4v) is 2.77. The summed E-state index contributed by atoms with van der Waals surface area (Å²) in [5, 5.41) is 8.16. The molecule has 0 atom stereocenters. The molecule has 2 rings (SSSR count). The van der Waals surface area contributed by atoms with Crippen molar-refractivity contribution in [2.75, 3.05) is 0 Å². The van der Waals surface area contributed by atoms with Gasteiger partial charge in [-0.1, -0.05) is 31.9 Å². The van der Waals surface area contributed by atoms with Crippen molar-refractivity contribution in [1.29, 1.82) is 0 Å². The molecule has 4 nitrogen and oxygen atoms in total. The van der Waals surface area contributed by atoms with Crippen LogP contribution in [0.3, 0.4) is 0 Å². The summed E-state index contributed by atoms with van der Waals surface area (Å²) in [6.45, 7) is 0.388. The predicted molar refractivity (Wildman–Crippen MR) is 69.7 cm³/mol. The molecule has 1 heterocycles. The SMILES string of the molecule is Cn1c(CN)nnc1-c1cc(Br)cc(Br)c1. The van der Waals surface area contributed by atoms with Gasteiger partial charge in [-0.05, 0) is 18.2 Å². The van der Waals surface area contributed by atoms with Crippen molar-refractivity contribution in [3.05, 3.63) is 33.0 Å². The Hall–Kier alpha value is -0.720. The Bertz CT molecular complexity index is 501. The maximum absolute atomic E-state index is 5.56. The Labute approximate surface area is 110 Å². The van der Waals surface area contributed by atoms with Crippen molar-refractivity contribution >= 4 is 31.9 Å². The van der Waals surface area contributed by atoms with Crippen LogP contribution in [0.1, 0.15) is 5.82 Å². The molecule has 0 unspecified atom stereocenters. The zero-order valence-corrected chi connectivity index (χ0v) is 11.8. The van der Waals surface area contributed by atoms with Gasteiger partial charge in [-0.3, -0.25) is 0 Å². The summed E-state index contributed by atoms with van der Waals surface area (Å²) in [5.74, 6) is 1.58. The largest absolute Gasteiger partial charge is 0.324 e. The van der Waals surface area contributed by atoms with Gasteiger partial charge in [0.15, 0.2) is 5.82 Å². The van der Waals surface area contributed by atoms with Crippen molar-refractivity contribution in [1.82, 2.24) is 14.8 Å². The van der Waals surface area contributed by atoms with Crippen molar-refractivity contribution in [3.8, 4) is 11.4 Å². The van der Waals surface area contributed by atoms with Crippen LogP contribution < -0.4 is 5.73 Å². The molecule has 1 aromatic heterocycles. The molecule has 16 heavy (non-hydrogen) atoms. The first-order valence-electron chi connectivity index (χ1n) is 4.66. The highest BCUT2D eigenvalue weighted by Gasteiger charge is 2.10. The van der Waals surface area contributed by atoms with Gasteiger partial charge in [0, 0.05) is 21.6 Å². The smallest absolute Gasteiger partial charge is 0.163 e. The maximum Gasteiger partial charge on any atom is 0.163 e. The fraction of sp³-hybridized carbons (Fsp3) is 0.200. The van der Waals surface area contributed by atoms with Crippen LogP contribution in [0.25, 0.3) is 11.4 Å². The van der Waals surface area contributed by atoms with Crippen LogP contribution in [0, 0.1) is 0 Å². The molecule has 0 spiro atoms. The minimum absolute atomic E-state index is 0.388. The van der Waals surface area contributed by atoms with Crippen molar-refractivity contribution in [2.24, 2.45) is 12.8 Å². The van der Waals surface area contributed by atoms with Crippen LogP contribution in [0.4, 0.5) is 0 Å². The lowest BCUT2D eigenvalue weighted by Crippen LogP contribution is -2.05. The quantitative estimate of drug-likeness (QED) is 0.909. The number of benzene rings is 1. The summed E-state index contributed by atoms with van der Waals surface area (Å²) in [6.07, 6.45) is 0. The van der Waals surface area contributed by atoms with E-state index in [0.717, 1.165) is 26.2 Å². The third-order valence-corrected chi connectivity index (χ3v) is 3.18. The second-order valence-electron chi connectivity index (χ2n) is 3.36. The van der Waals surface area contributed by atoms with Gasteiger partial charge in [0.1, 0.15) is 5.82 Å². The van der Waals surface area contributed by atoms with Gasteiger partial charge in [-0.2, -0.15) is 0 Å². The predicted octanol–water partition coefficient (Wildman–Crippen LogP) is 2.47. The summed E-state index contributed by atoms with van der Waals surface area (Å²) in [6, 6.07) is 5.97. The number of aromatic nitrogens is 3. The molecule has 0 fully saturated rings. The molecule has 2 N–H and O–H groups in total. The standard InChI is InChI=1S/C10H10Br2N4/c1-16-9(5-13)14-15-10(16)6-2-7(11)4-8(12)3-6/h2-4H,5,13H2,1H3. The van der Waals surface area contributed by atoms with E-state index in [1.807, 2.05) is 29.8 Å². The van der Waals surface area contributed by atoms with Crippen LogP contribution in [-0.2, 0) is 13.6 Å². The molecule has 0 bridgehead atoms. The van der Waals surface area contributed by atoms with Crippen LogP contribution in [0.2, 0.25) is 0 Å². The van der Waals surface area contributed by atoms with E-state index in [0.29, 0.717) is 6.54 Å². The lowest BCUT2D eigenvalue weighted by Gasteiger charge is -2.04. The molecule has 2 aromatic rings. The Kier molecular flexibility index (Phi) is 3.41. The number of nitrogens with zero attached hydrogens (tertiary/aromatic N) is 3. The number of hydrogen-bond acceptors (Lipinski definition) is 3. The number of rotatable bonds is 2. The Morgan fingerprint density at radius 3 is 2.31 bits per heavy atom. The normalized spacial score (nSPS) is 10.8. The van der Waals surface area contributed by atoms with Crippen LogP contribution >= 0.6 is 31.9 Å². The summed E-state index contributed by atoms with van der Waals surface area (Å²) >= 11 is 6.89. The third kappa shape index (κ3) is 2.18. The molecule has 0 aliphatic rings. The highest BCUT2D eigenvalue weighted by atomic mass is 79.9. The van der Waals surface area contributed by atoms with Crippen molar-refractivity contribution < 1.29 is 0 Å². The van der Waals surface area contributed by atoms with Gasteiger partial charge in [0.25, 0.3) is 0 Å². The van der Waals surface area contributed by atoms with E-state index in [1.165, 1.54) is 0 Å². The minimum Gasteiger partial charge on any atom is -0.324 e. The zero-order valence-electron chi connectivity index (χ0n) is 8.61. The first kappa shape index (κ1) is 11.8. The maximum atomic E-state index is 5.56. The van der Waals surface area contributed by atoms with Crippen LogP contribution in [-0.4, -0.2) is 14.8 Å². The Balaban J connectivity index is 2.54. The van der Waals surface area contributed by atoms with Gasteiger partial charge in [-0.15, -0.1) is 10.2 Å². The number of halogens is 2. The first-order valence-corrected chi connectivity index (χ1v) is 6.25. The summed E-state index contributed by atoms with van der Waals surface area (Å²) in [5.41, 5.74) is 6.56. The number of hydrogen-bond donors (Lipinski definition) is 1. The Morgan fingerprint density at radius 2 is 1.81 bits per heavy atom. The molecule has 0 aliphatic carbocycles. The van der Waals surface area contributed by atoms with Crippen molar-refractivity contribution in [2.45, 2.75) is 6.54 Å². The highest BCUT2D eigenvalue weighted by molar-refractivity contribution is 9.11. The first-order chi connectivity index (χ1) is 7.61. The topological polar surface area (TPSA) is 56.7 Å². The molecular formula is C10H10Br2N4. The monoisotopic (exact) mass is 344 g/mol. The van der Waals surface area contributed by atoms with Gasteiger partial charge < -0.3 is 10.3 Å². The lowest BCUT2D eigenvalue weighted by atomic mass is 10.2. The van der Waals surface area contributed by atoms with Crippen LogP contribution in [0.15, 0.2) is 27.1 Å². The van der Waals surface area contributed by atoms with Gasteiger partial charge in [-0.25, -0.2) is 0 Å². The highest BCUT2D eigenvalue weighted by Crippen LogP contribution is 2.26. The van der Waals surface area contributed by atoms with Gasteiger partial charge >= 0.3 is 0 Å². The van der Waals surface area contributed by atoms with Crippen molar-refractivity contribution in [3.63, 3.8) is 0 Å². The Morgan fingerprint density at radius 1 is 1.19 bits per heavy atom. The zero-order chi connectivity index (χ0) is 11.7. The summed E-state index contributed by atoms with van der Waals surface area (Å²) in [7, 11) is 1.91. The average Bonchev–Trinajstić information content (AvgIpc) is 2.58. The van der Waals surface area contributed by atoms with Crippen LogP contribution in [0.5, 0.6) is 0 Å². The van der Waals surface area contributed by atoms with E-state index in [2.05, 4.69) is 42.1 Å². The van der Waals surface area contributed by atoms with E-state index >= 15 is 0 Å². The fourth-order valence-electron chi connectivity index (χ4n) is 1.47. The average molecular weight is 346 g/mol. The molecule has 0 radical (unpaired) electrons. The molecule has 6 heteroatoms. The van der Waals surface area contributed by atoms with E-state index in [4.69, 9.17) is 5.73 Å². The molecule has 0 aliphatic heterocycles. The van der Waals surface area contributed by atoms with Gasteiger partial charge in [0.2, 0.25) is 0 Å². The summed E-state index contributed by atoms with van der Waals surface area (Å²) < 4.78 is 3.89. The molecule has 0 saturated heterocycles. The molecule has 0 amide bonds. The molecule has 0 saturated carbocycles. The van der Waals surface area contributed by atoms with E-state index < -0.39 is 0 Å². The number of nitrogens with two attached hydrogens (primary N) is 1. The molecular weight excluding hydrogens is 336 g/mol.